The fraction of sp³-hybridized carbons (Fsp3) is 0.615. The quantitative estimate of drug-likeness (QED) is 0.583. The monoisotopic (exact) mass is 482 g/mol. The lowest BCUT2D eigenvalue weighted by molar-refractivity contribution is -0.128. The number of benzene rings is 1. The van der Waals surface area contributed by atoms with Crippen LogP contribution < -0.4 is 15.5 Å². The molecule has 1 aliphatic carbocycles. The van der Waals surface area contributed by atoms with Gasteiger partial charge in [-0.1, -0.05) is 52.2 Å². The SMILES string of the molecule is Cn1cnnc1C(C(=O)NC1CCCCC1)N(C(=O)C1CC(O)CN1)c1ccc(C(C)(C)C)cc1. The van der Waals surface area contributed by atoms with E-state index in [0.717, 1.165) is 31.2 Å². The number of hydrogen-bond donors (Lipinski definition) is 3. The lowest BCUT2D eigenvalue weighted by Gasteiger charge is -2.34. The highest BCUT2D eigenvalue weighted by Gasteiger charge is 2.41. The average Bonchev–Trinajstić information content (AvgIpc) is 3.45. The first-order valence-electron chi connectivity index (χ1n) is 12.6. The van der Waals surface area contributed by atoms with Gasteiger partial charge in [0.1, 0.15) is 6.33 Å². The summed E-state index contributed by atoms with van der Waals surface area (Å²) in [6.07, 6.45) is 6.45. The third-order valence-corrected chi connectivity index (χ3v) is 7.10. The molecule has 0 spiro atoms. The molecule has 1 aromatic carbocycles. The summed E-state index contributed by atoms with van der Waals surface area (Å²) in [6, 6.07) is 6.28. The van der Waals surface area contributed by atoms with Gasteiger partial charge in [0.05, 0.1) is 12.1 Å². The highest BCUT2D eigenvalue weighted by atomic mass is 16.3. The molecule has 1 saturated heterocycles. The first-order chi connectivity index (χ1) is 16.6. The van der Waals surface area contributed by atoms with Gasteiger partial charge in [-0.3, -0.25) is 14.5 Å². The van der Waals surface area contributed by atoms with Crippen molar-refractivity contribution in [2.24, 2.45) is 7.05 Å². The van der Waals surface area contributed by atoms with Crippen LogP contribution >= 0.6 is 0 Å². The van der Waals surface area contributed by atoms with Crippen LogP contribution in [0.15, 0.2) is 30.6 Å². The molecule has 1 aliphatic heterocycles. The molecule has 3 N–H and O–H groups in total. The molecule has 9 nitrogen and oxygen atoms in total. The number of aryl methyl sites for hydroxylation is 1. The highest BCUT2D eigenvalue weighted by Crippen LogP contribution is 2.32. The van der Waals surface area contributed by atoms with E-state index in [-0.39, 0.29) is 23.3 Å². The van der Waals surface area contributed by atoms with Gasteiger partial charge in [-0.2, -0.15) is 0 Å². The maximum atomic E-state index is 13.9. The summed E-state index contributed by atoms with van der Waals surface area (Å²) >= 11 is 0. The van der Waals surface area contributed by atoms with Crippen LogP contribution in [0.1, 0.15) is 76.7 Å². The molecule has 2 heterocycles. The molecule has 1 aromatic heterocycles. The Kier molecular flexibility index (Phi) is 7.56. The number of anilines is 1. The van der Waals surface area contributed by atoms with Gasteiger partial charge in [-0.25, -0.2) is 0 Å². The van der Waals surface area contributed by atoms with Crippen molar-refractivity contribution in [1.29, 1.82) is 0 Å². The van der Waals surface area contributed by atoms with E-state index in [4.69, 9.17) is 0 Å². The lowest BCUT2D eigenvalue weighted by atomic mass is 9.87. The Morgan fingerprint density at radius 1 is 1.17 bits per heavy atom. The van der Waals surface area contributed by atoms with Crippen molar-refractivity contribution >= 4 is 17.5 Å². The maximum Gasteiger partial charge on any atom is 0.251 e. The van der Waals surface area contributed by atoms with Gasteiger partial charge in [0.2, 0.25) is 5.91 Å². The number of aromatic nitrogens is 3. The Hall–Kier alpha value is -2.78. The standard InChI is InChI=1S/C26H38N6O3/c1-26(2,3)17-10-12-19(13-11-17)32(25(35)21-14-20(33)15-27-21)22(23-30-28-16-31(23)4)24(34)29-18-8-6-5-7-9-18/h10-13,16,18,20-22,27,33H,5-9,14-15H2,1-4H3,(H,29,34). The maximum absolute atomic E-state index is 13.9. The first kappa shape index (κ1) is 25.3. The zero-order valence-electron chi connectivity index (χ0n) is 21.2. The largest absolute Gasteiger partial charge is 0.392 e. The van der Waals surface area contributed by atoms with Gasteiger partial charge in [-0.05, 0) is 42.4 Å². The van der Waals surface area contributed by atoms with Gasteiger partial charge < -0.3 is 20.3 Å². The van der Waals surface area contributed by atoms with E-state index in [1.165, 1.54) is 11.3 Å². The predicted octanol–water partition coefficient (Wildman–Crippen LogP) is 2.36. The number of carbonyl (C=O) groups excluding carboxylic acids is 2. The van der Waals surface area contributed by atoms with Gasteiger partial charge in [0.15, 0.2) is 11.9 Å². The minimum Gasteiger partial charge on any atom is -0.392 e. The van der Waals surface area contributed by atoms with Crippen molar-refractivity contribution in [3.63, 3.8) is 0 Å². The van der Waals surface area contributed by atoms with Crippen LogP contribution in [0.4, 0.5) is 5.69 Å². The second-order valence-corrected chi connectivity index (χ2v) is 10.9. The Labute approximate surface area is 207 Å². The average molecular weight is 483 g/mol. The van der Waals surface area contributed by atoms with Crippen molar-refractivity contribution < 1.29 is 14.7 Å². The molecule has 2 fully saturated rings. The van der Waals surface area contributed by atoms with Crippen LogP contribution in [0, 0.1) is 0 Å². The fourth-order valence-corrected chi connectivity index (χ4v) is 5.02. The summed E-state index contributed by atoms with van der Waals surface area (Å²) in [5, 5.41) is 24.6. The second kappa shape index (κ2) is 10.5. The van der Waals surface area contributed by atoms with E-state index in [1.807, 2.05) is 24.3 Å². The molecule has 2 aliphatic rings. The van der Waals surface area contributed by atoms with Crippen molar-refractivity contribution in [2.45, 2.75) is 88.9 Å². The van der Waals surface area contributed by atoms with Crippen molar-refractivity contribution in [1.82, 2.24) is 25.4 Å². The van der Waals surface area contributed by atoms with E-state index < -0.39 is 18.2 Å². The molecule has 1 saturated carbocycles. The van der Waals surface area contributed by atoms with Crippen LogP contribution in [0.25, 0.3) is 0 Å². The summed E-state index contributed by atoms with van der Waals surface area (Å²) in [6.45, 7) is 6.74. The van der Waals surface area contributed by atoms with E-state index in [9.17, 15) is 14.7 Å². The van der Waals surface area contributed by atoms with Crippen LogP contribution in [0.2, 0.25) is 0 Å². The molecule has 4 rings (SSSR count). The van der Waals surface area contributed by atoms with E-state index >= 15 is 0 Å². The summed E-state index contributed by atoms with van der Waals surface area (Å²) in [7, 11) is 1.78. The molecule has 35 heavy (non-hydrogen) atoms. The van der Waals surface area contributed by atoms with Gasteiger partial charge in [0.25, 0.3) is 5.91 Å². The molecular weight excluding hydrogens is 444 g/mol. The number of nitrogens with zero attached hydrogens (tertiary/aromatic N) is 4. The molecule has 0 bridgehead atoms. The molecule has 3 unspecified atom stereocenters. The summed E-state index contributed by atoms with van der Waals surface area (Å²) < 4.78 is 1.69. The van der Waals surface area contributed by atoms with Crippen LogP contribution in [0.5, 0.6) is 0 Å². The zero-order valence-corrected chi connectivity index (χ0v) is 21.2. The smallest absolute Gasteiger partial charge is 0.251 e. The molecule has 2 aromatic rings. The Morgan fingerprint density at radius 3 is 2.40 bits per heavy atom. The van der Waals surface area contributed by atoms with Crippen molar-refractivity contribution in [3.05, 3.63) is 42.0 Å². The van der Waals surface area contributed by atoms with E-state index in [1.54, 1.807) is 17.9 Å². The number of aliphatic hydroxyl groups excluding tert-OH is 1. The summed E-state index contributed by atoms with van der Waals surface area (Å²) in [4.78, 5) is 29.3. The topological polar surface area (TPSA) is 112 Å². The van der Waals surface area contributed by atoms with Crippen LogP contribution in [-0.4, -0.2) is 56.4 Å². The molecule has 190 valence electrons. The van der Waals surface area contributed by atoms with Gasteiger partial charge in [-0.15, -0.1) is 10.2 Å². The number of carbonyl (C=O) groups is 2. The van der Waals surface area contributed by atoms with Gasteiger partial charge in [0, 0.05) is 25.3 Å². The zero-order chi connectivity index (χ0) is 25.2. The number of β-amino-alcohol motifs (C(OH)–C–C–N with tert-alkyl or cyclic N) is 1. The Morgan fingerprint density at radius 2 is 1.86 bits per heavy atom. The first-order valence-corrected chi connectivity index (χ1v) is 12.6. The van der Waals surface area contributed by atoms with E-state index in [0.29, 0.717) is 24.5 Å². The number of rotatable bonds is 6. The fourth-order valence-electron chi connectivity index (χ4n) is 5.02. The molecule has 0 radical (unpaired) electrons. The Balaban J connectivity index is 1.75. The number of aliphatic hydroxyl groups is 1. The van der Waals surface area contributed by atoms with Crippen molar-refractivity contribution in [3.8, 4) is 0 Å². The third kappa shape index (κ3) is 5.73. The van der Waals surface area contributed by atoms with E-state index in [2.05, 4.69) is 41.6 Å². The molecular formula is C26H38N6O3. The second-order valence-electron chi connectivity index (χ2n) is 10.9. The predicted molar refractivity (Wildman–Crippen MR) is 134 cm³/mol. The lowest BCUT2D eigenvalue weighted by Crippen LogP contribution is -2.52. The Bertz CT molecular complexity index is 1020. The number of nitrogens with one attached hydrogen (secondary N) is 2. The van der Waals surface area contributed by atoms with Gasteiger partial charge >= 0.3 is 0 Å². The minimum atomic E-state index is -0.989. The third-order valence-electron chi connectivity index (χ3n) is 7.10. The summed E-state index contributed by atoms with van der Waals surface area (Å²) in [5.41, 5.74) is 1.69. The van der Waals surface area contributed by atoms with Crippen LogP contribution in [0.3, 0.4) is 0 Å². The van der Waals surface area contributed by atoms with Crippen molar-refractivity contribution in [2.75, 3.05) is 11.4 Å². The molecule has 9 heteroatoms. The number of hydrogen-bond acceptors (Lipinski definition) is 6. The minimum absolute atomic E-state index is 0.0498. The van der Waals surface area contributed by atoms with Crippen LogP contribution in [-0.2, 0) is 22.1 Å². The normalized spacial score (nSPS) is 22.1. The molecule has 2 amide bonds. The highest BCUT2D eigenvalue weighted by molar-refractivity contribution is 6.03. The number of amides is 2. The summed E-state index contributed by atoms with van der Waals surface area (Å²) in [5.74, 6) is -0.137. The molecule has 3 atom stereocenters.